The molecular formula is C13H14ClFO2. The molecular weight excluding hydrogens is 243 g/mol. The zero-order valence-corrected chi connectivity index (χ0v) is 10.2. The minimum Gasteiger partial charge on any atom is -0.370 e. The summed E-state index contributed by atoms with van der Waals surface area (Å²) in [6.07, 6.45) is 2.41. The molecule has 1 heterocycles. The van der Waals surface area contributed by atoms with Crippen LogP contribution in [-0.4, -0.2) is 18.5 Å². The third-order valence-corrected chi connectivity index (χ3v) is 3.15. The van der Waals surface area contributed by atoms with E-state index >= 15 is 0 Å². The minimum absolute atomic E-state index is 0.0526. The fourth-order valence-electron chi connectivity index (χ4n) is 1.97. The molecule has 17 heavy (non-hydrogen) atoms. The number of halogens is 2. The molecule has 1 aromatic rings. The molecule has 2 rings (SSSR count). The van der Waals surface area contributed by atoms with Gasteiger partial charge in [-0.1, -0.05) is 11.6 Å². The average molecular weight is 257 g/mol. The van der Waals surface area contributed by atoms with Crippen molar-refractivity contribution in [3.8, 4) is 0 Å². The second-order valence-electron chi connectivity index (χ2n) is 4.23. The van der Waals surface area contributed by atoms with E-state index in [0.717, 1.165) is 19.3 Å². The Bertz CT molecular complexity index is 414. The van der Waals surface area contributed by atoms with Crippen LogP contribution in [0.1, 0.15) is 24.8 Å². The van der Waals surface area contributed by atoms with Crippen LogP contribution in [0.25, 0.3) is 0 Å². The van der Waals surface area contributed by atoms with Crippen molar-refractivity contribution in [3.63, 3.8) is 0 Å². The van der Waals surface area contributed by atoms with Crippen molar-refractivity contribution in [3.05, 3.63) is 34.6 Å². The summed E-state index contributed by atoms with van der Waals surface area (Å²) < 4.78 is 18.8. The molecule has 0 amide bonds. The van der Waals surface area contributed by atoms with Crippen molar-refractivity contribution >= 4 is 17.4 Å². The van der Waals surface area contributed by atoms with E-state index in [2.05, 4.69) is 0 Å². The van der Waals surface area contributed by atoms with Crippen molar-refractivity contribution in [1.29, 1.82) is 0 Å². The third-order valence-electron chi connectivity index (χ3n) is 2.91. The fraction of sp³-hybridized carbons (Fsp3) is 0.462. The van der Waals surface area contributed by atoms with Gasteiger partial charge in [0.25, 0.3) is 0 Å². The number of carbonyl (C=O) groups is 1. The van der Waals surface area contributed by atoms with Crippen LogP contribution in [0.5, 0.6) is 0 Å². The van der Waals surface area contributed by atoms with Gasteiger partial charge in [0.2, 0.25) is 0 Å². The Morgan fingerprint density at radius 3 is 3.00 bits per heavy atom. The molecule has 0 aliphatic carbocycles. The second-order valence-corrected chi connectivity index (χ2v) is 4.67. The van der Waals surface area contributed by atoms with Crippen molar-refractivity contribution < 1.29 is 13.9 Å². The van der Waals surface area contributed by atoms with Gasteiger partial charge in [0.05, 0.1) is 0 Å². The highest BCUT2D eigenvalue weighted by molar-refractivity contribution is 6.30. The summed E-state index contributed by atoms with van der Waals surface area (Å²) in [5.41, 5.74) is 0.344. The molecule has 2 nitrogen and oxygen atoms in total. The average Bonchev–Trinajstić information content (AvgIpc) is 2.35. The predicted molar refractivity (Wildman–Crippen MR) is 63.7 cm³/mol. The van der Waals surface area contributed by atoms with Crippen LogP contribution < -0.4 is 0 Å². The van der Waals surface area contributed by atoms with E-state index in [0.29, 0.717) is 17.2 Å². The molecule has 0 aromatic heterocycles. The smallest absolute Gasteiger partial charge is 0.166 e. The van der Waals surface area contributed by atoms with Gasteiger partial charge < -0.3 is 4.74 Å². The van der Waals surface area contributed by atoms with Crippen LogP contribution in [0.3, 0.4) is 0 Å². The molecule has 1 saturated heterocycles. The van der Waals surface area contributed by atoms with Crippen molar-refractivity contribution in [2.75, 3.05) is 6.61 Å². The maximum Gasteiger partial charge on any atom is 0.166 e. The first kappa shape index (κ1) is 12.5. The number of hydrogen-bond acceptors (Lipinski definition) is 2. The summed E-state index contributed by atoms with van der Waals surface area (Å²) in [5.74, 6) is -0.454. The first-order chi connectivity index (χ1) is 8.16. The number of ketones is 1. The van der Waals surface area contributed by atoms with Gasteiger partial charge in [0.1, 0.15) is 11.9 Å². The summed E-state index contributed by atoms with van der Waals surface area (Å²) in [6, 6.07) is 4.26. The molecule has 1 aliphatic heterocycles. The van der Waals surface area contributed by atoms with Crippen LogP contribution in [0.15, 0.2) is 18.2 Å². The normalized spacial score (nSPS) is 20.2. The quantitative estimate of drug-likeness (QED) is 0.830. The van der Waals surface area contributed by atoms with Crippen LogP contribution in [-0.2, 0) is 16.0 Å². The lowest BCUT2D eigenvalue weighted by Gasteiger charge is -2.21. The lowest BCUT2D eigenvalue weighted by Crippen LogP contribution is -2.29. The van der Waals surface area contributed by atoms with E-state index in [4.69, 9.17) is 16.3 Å². The predicted octanol–water partition coefficient (Wildman–Crippen LogP) is 3.16. The Labute approximate surface area is 105 Å². The molecule has 4 heteroatoms. The van der Waals surface area contributed by atoms with Gasteiger partial charge >= 0.3 is 0 Å². The Balaban J connectivity index is 2.04. The van der Waals surface area contributed by atoms with E-state index in [1.807, 2.05) is 0 Å². The number of carbonyl (C=O) groups excluding carboxylic acids is 1. The van der Waals surface area contributed by atoms with Crippen LogP contribution in [0.4, 0.5) is 4.39 Å². The van der Waals surface area contributed by atoms with Gasteiger partial charge in [-0.15, -0.1) is 0 Å². The molecule has 0 saturated carbocycles. The van der Waals surface area contributed by atoms with Crippen LogP contribution >= 0.6 is 11.6 Å². The van der Waals surface area contributed by atoms with E-state index in [1.165, 1.54) is 18.2 Å². The molecule has 0 N–H and O–H groups in total. The number of rotatable bonds is 3. The fourth-order valence-corrected chi connectivity index (χ4v) is 2.17. The SMILES string of the molecule is O=C(Cc1cc(Cl)ccc1F)C1CCCCO1. The van der Waals surface area contributed by atoms with E-state index in [-0.39, 0.29) is 18.3 Å². The molecule has 0 bridgehead atoms. The maximum atomic E-state index is 13.4. The largest absolute Gasteiger partial charge is 0.370 e. The van der Waals surface area contributed by atoms with Gasteiger partial charge in [-0.25, -0.2) is 4.39 Å². The summed E-state index contributed by atoms with van der Waals surface area (Å²) >= 11 is 5.78. The van der Waals surface area contributed by atoms with Crippen molar-refractivity contribution in [2.45, 2.75) is 31.8 Å². The number of ether oxygens (including phenoxy) is 1. The Hall–Kier alpha value is -0.930. The van der Waals surface area contributed by atoms with Crippen LogP contribution in [0, 0.1) is 5.82 Å². The first-order valence-electron chi connectivity index (χ1n) is 5.75. The Morgan fingerprint density at radius 2 is 2.29 bits per heavy atom. The van der Waals surface area contributed by atoms with E-state index in [1.54, 1.807) is 0 Å². The highest BCUT2D eigenvalue weighted by Crippen LogP contribution is 2.19. The highest BCUT2D eigenvalue weighted by atomic mass is 35.5. The zero-order chi connectivity index (χ0) is 12.3. The number of benzene rings is 1. The molecule has 0 radical (unpaired) electrons. The molecule has 1 aliphatic rings. The van der Waals surface area contributed by atoms with E-state index < -0.39 is 5.82 Å². The van der Waals surface area contributed by atoms with Gasteiger partial charge in [-0.2, -0.15) is 0 Å². The molecule has 1 fully saturated rings. The van der Waals surface area contributed by atoms with Gasteiger partial charge in [0, 0.05) is 18.1 Å². The zero-order valence-electron chi connectivity index (χ0n) is 9.42. The summed E-state index contributed by atoms with van der Waals surface area (Å²) in [5, 5.41) is 0.443. The first-order valence-corrected chi connectivity index (χ1v) is 6.13. The van der Waals surface area contributed by atoms with Crippen LogP contribution in [0.2, 0.25) is 5.02 Å². The summed E-state index contributed by atoms with van der Waals surface area (Å²) in [7, 11) is 0. The number of Topliss-reactive ketones (excluding diaryl/α,β-unsaturated/α-hetero) is 1. The lowest BCUT2D eigenvalue weighted by molar-refractivity contribution is -0.132. The maximum absolute atomic E-state index is 13.4. The van der Waals surface area contributed by atoms with E-state index in [9.17, 15) is 9.18 Å². The minimum atomic E-state index is -0.390. The molecule has 92 valence electrons. The topological polar surface area (TPSA) is 26.3 Å². The summed E-state index contributed by atoms with van der Waals surface area (Å²) in [6.45, 7) is 0.619. The molecule has 1 aromatic carbocycles. The summed E-state index contributed by atoms with van der Waals surface area (Å²) in [4.78, 5) is 11.9. The monoisotopic (exact) mass is 256 g/mol. The second kappa shape index (κ2) is 5.61. The van der Waals surface area contributed by atoms with Gasteiger partial charge in [-0.05, 0) is 43.0 Å². The Kier molecular flexibility index (Phi) is 4.13. The standard InChI is InChI=1S/C13H14ClFO2/c14-10-4-5-11(15)9(7-10)8-12(16)13-3-1-2-6-17-13/h4-5,7,13H,1-3,6,8H2. The van der Waals surface area contributed by atoms with Crippen molar-refractivity contribution in [1.82, 2.24) is 0 Å². The Morgan fingerprint density at radius 1 is 1.47 bits per heavy atom. The third kappa shape index (κ3) is 3.27. The highest BCUT2D eigenvalue weighted by Gasteiger charge is 2.22. The number of hydrogen-bond donors (Lipinski definition) is 0. The van der Waals surface area contributed by atoms with Crippen molar-refractivity contribution in [2.24, 2.45) is 0 Å². The molecule has 1 atom stereocenters. The van der Waals surface area contributed by atoms with Gasteiger partial charge in [0.15, 0.2) is 5.78 Å². The molecule has 1 unspecified atom stereocenters. The molecule has 0 spiro atoms. The lowest BCUT2D eigenvalue weighted by atomic mass is 10.00. The van der Waals surface area contributed by atoms with Gasteiger partial charge in [-0.3, -0.25) is 4.79 Å².